The molecule has 0 spiro atoms. The molecule has 2 aliphatic rings. The summed E-state index contributed by atoms with van der Waals surface area (Å²) < 4.78 is 10.7. The summed E-state index contributed by atoms with van der Waals surface area (Å²) in [6.45, 7) is 1.53. The van der Waals surface area contributed by atoms with E-state index >= 15 is 0 Å². The van der Waals surface area contributed by atoms with Gasteiger partial charge in [-0.25, -0.2) is 0 Å². The lowest BCUT2D eigenvalue weighted by atomic mass is 10.1. The van der Waals surface area contributed by atoms with Crippen LogP contribution in [0.5, 0.6) is 0 Å². The van der Waals surface area contributed by atoms with Crippen LogP contribution in [0.2, 0.25) is 0 Å². The summed E-state index contributed by atoms with van der Waals surface area (Å²) in [5.74, 6) is 0.835. The van der Waals surface area contributed by atoms with Gasteiger partial charge in [0.05, 0.1) is 13.2 Å². The first-order valence-electron chi connectivity index (χ1n) is 5.35. The van der Waals surface area contributed by atoms with Crippen LogP contribution in [-0.4, -0.2) is 19.5 Å². The second-order valence-corrected chi connectivity index (χ2v) is 3.88. The van der Waals surface area contributed by atoms with E-state index in [1.807, 2.05) is 0 Å². The maximum atomic E-state index is 5.34. The van der Waals surface area contributed by atoms with Gasteiger partial charge in [-0.1, -0.05) is 25.0 Å². The van der Waals surface area contributed by atoms with Crippen molar-refractivity contribution in [2.24, 2.45) is 5.92 Å². The summed E-state index contributed by atoms with van der Waals surface area (Å²) in [5.41, 5.74) is 0. The SMILES string of the molecule is C(=CC1CCCC1)CC1OCCO1. The number of rotatable bonds is 3. The standard InChI is InChI=1S/C11H18O2/c1-2-5-10(4-1)6-3-7-11-12-8-9-13-11/h3,6,10-11H,1-2,4-5,7-9H2. The molecule has 0 radical (unpaired) electrons. The monoisotopic (exact) mass is 182 g/mol. The zero-order valence-electron chi connectivity index (χ0n) is 8.08. The molecule has 1 saturated carbocycles. The van der Waals surface area contributed by atoms with Crippen LogP contribution < -0.4 is 0 Å². The van der Waals surface area contributed by atoms with Gasteiger partial charge < -0.3 is 9.47 Å². The van der Waals surface area contributed by atoms with E-state index in [1.165, 1.54) is 25.7 Å². The van der Waals surface area contributed by atoms with Crippen molar-refractivity contribution < 1.29 is 9.47 Å². The Hall–Kier alpha value is -0.340. The fraction of sp³-hybridized carbons (Fsp3) is 0.818. The van der Waals surface area contributed by atoms with E-state index in [9.17, 15) is 0 Å². The summed E-state index contributed by atoms with van der Waals surface area (Å²) in [7, 11) is 0. The third-order valence-electron chi connectivity index (χ3n) is 2.83. The second-order valence-electron chi connectivity index (χ2n) is 3.88. The van der Waals surface area contributed by atoms with Crippen LogP contribution in [0, 0.1) is 5.92 Å². The van der Waals surface area contributed by atoms with Crippen molar-refractivity contribution in [3.05, 3.63) is 12.2 Å². The minimum absolute atomic E-state index is 0.0395. The Labute approximate surface area is 79.9 Å². The van der Waals surface area contributed by atoms with Crippen molar-refractivity contribution in [2.45, 2.75) is 38.4 Å². The topological polar surface area (TPSA) is 18.5 Å². The van der Waals surface area contributed by atoms with E-state index in [4.69, 9.17) is 9.47 Å². The molecule has 74 valence electrons. The molecule has 1 aliphatic heterocycles. The predicted molar refractivity (Wildman–Crippen MR) is 51.4 cm³/mol. The Kier molecular flexibility index (Phi) is 3.39. The van der Waals surface area contributed by atoms with Crippen molar-refractivity contribution in [3.8, 4) is 0 Å². The smallest absolute Gasteiger partial charge is 0.161 e. The summed E-state index contributed by atoms with van der Waals surface area (Å²) >= 11 is 0. The third-order valence-corrected chi connectivity index (χ3v) is 2.83. The molecule has 0 aromatic heterocycles. The van der Waals surface area contributed by atoms with Crippen molar-refractivity contribution in [2.75, 3.05) is 13.2 Å². The highest BCUT2D eigenvalue weighted by Gasteiger charge is 2.15. The summed E-state index contributed by atoms with van der Waals surface area (Å²) in [5, 5.41) is 0. The van der Waals surface area contributed by atoms with Gasteiger partial charge in [-0.15, -0.1) is 0 Å². The molecule has 1 aliphatic carbocycles. The quantitative estimate of drug-likeness (QED) is 0.624. The molecule has 2 heteroatoms. The molecule has 2 nitrogen and oxygen atoms in total. The Balaban J connectivity index is 1.65. The average Bonchev–Trinajstić information content (AvgIpc) is 2.75. The second kappa shape index (κ2) is 4.77. The van der Waals surface area contributed by atoms with Gasteiger partial charge in [-0.2, -0.15) is 0 Å². The highest BCUT2D eigenvalue weighted by molar-refractivity contribution is 4.91. The van der Waals surface area contributed by atoms with Crippen LogP contribution in [0.15, 0.2) is 12.2 Å². The third kappa shape index (κ3) is 2.82. The first-order chi connectivity index (χ1) is 6.45. The predicted octanol–water partition coefficient (Wildman–Crippen LogP) is 2.50. The first-order valence-corrected chi connectivity index (χ1v) is 5.35. The van der Waals surface area contributed by atoms with Crippen molar-refractivity contribution in [3.63, 3.8) is 0 Å². The molecule has 0 N–H and O–H groups in total. The Morgan fingerprint density at radius 2 is 1.77 bits per heavy atom. The molecule has 0 aromatic rings. The Bertz CT molecular complexity index is 165. The largest absolute Gasteiger partial charge is 0.350 e. The molecule has 0 amide bonds. The van der Waals surface area contributed by atoms with Crippen molar-refractivity contribution in [1.82, 2.24) is 0 Å². The summed E-state index contributed by atoms with van der Waals surface area (Å²) in [4.78, 5) is 0. The van der Waals surface area contributed by atoms with Gasteiger partial charge in [-0.05, 0) is 18.8 Å². The number of hydrogen-bond donors (Lipinski definition) is 0. The van der Waals surface area contributed by atoms with Gasteiger partial charge >= 0.3 is 0 Å². The van der Waals surface area contributed by atoms with Gasteiger partial charge in [0.1, 0.15) is 0 Å². The van der Waals surface area contributed by atoms with Crippen LogP contribution >= 0.6 is 0 Å². The molecular weight excluding hydrogens is 164 g/mol. The molecule has 2 fully saturated rings. The van der Waals surface area contributed by atoms with Gasteiger partial charge in [0.2, 0.25) is 0 Å². The molecule has 13 heavy (non-hydrogen) atoms. The van der Waals surface area contributed by atoms with E-state index in [-0.39, 0.29) is 6.29 Å². The molecule has 0 bridgehead atoms. The fourth-order valence-corrected chi connectivity index (χ4v) is 2.08. The molecule has 1 saturated heterocycles. The number of ether oxygens (including phenoxy) is 2. The fourth-order valence-electron chi connectivity index (χ4n) is 2.08. The highest BCUT2D eigenvalue weighted by Crippen LogP contribution is 2.25. The Morgan fingerprint density at radius 1 is 1.08 bits per heavy atom. The molecule has 0 atom stereocenters. The lowest BCUT2D eigenvalue weighted by Crippen LogP contribution is -2.05. The molecule has 0 aromatic carbocycles. The lowest BCUT2D eigenvalue weighted by Gasteiger charge is -2.05. The van der Waals surface area contributed by atoms with Crippen LogP contribution in [0.25, 0.3) is 0 Å². The zero-order chi connectivity index (χ0) is 8.93. The van der Waals surface area contributed by atoms with Gasteiger partial charge in [0.25, 0.3) is 0 Å². The van der Waals surface area contributed by atoms with Gasteiger partial charge in [0.15, 0.2) is 6.29 Å². The highest BCUT2D eigenvalue weighted by atomic mass is 16.7. The maximum absolute atomic E-state index is 5.34. The number of allylic oxidation sites excluding steroid dienone is 1. The molecule has 0 unspecified atom stereocenters. The van der Waals surface area contributed by atoms with Crippen LogP contribution in [0.3, 0.4) is 0 Å². The minimum Gasteiger partial charge on any atom is -0.350 e. The molecule has 1 heterocycles. The van der Waals surface area contributed by atoms with E-state index in [0.717, 1.165) is 25.6 Å². The van der Waals surface area contributed by atoms with Crippen molar-refractivity contribution in [1.29, 1.82) is 0 Å². The summed E-state index contributed by atoms with van der Waals surface area (Å²) in [6, 6.07) is 0. The van der Waals surface area contributed by atoms with Gasteiger partial charge in [-0.3, -0.25) is 0 Å². The van der Waals surface area contributed by atoms with Crippen LogP contribution in [-0.2, 0) is 9.47 Å². The van der Waals surface area contributed by atoms with Crippen LogP contribution in [0.4, 0.5) is 0 Å². The molecule has 2 rings (SSSR count). The Morgan fingerprint density at radius 3 is 2.46 bits per heavy atom. The average molecular weight is 182 g/mol. The zero-order valence-corrected chi connectivity index (χ0v) is 8.08. The van der Waals surface area contributed by atoms with Gasteiger partial charge in [0, 0.05) is 6.42 Å². The van der Waals surface area contributed by atoms with Crippen molar-refractivity contribution >= 4 is 0 Å². The number of hydrogen-bond acceptors (Lipinski definition) is 2. The maximum Gasteiger partial charge on any atom is 0.161 e. The summed E-state index contributed by atoms with van der Waals surface area (Å²) in [6.07, 6.45) is 11.1. The van der Waals surface area contributed by atoms with E-state index < -0.39 is 0 Å². The molecular formula is C11H18O2. The van der Waals surface area contributed by atoms with E-state index in [0.29, 0.717) is 0 Å². The van der Waals surface area contributed by atoms with E-state index in [2.05, 4.69) is 12.2 Å². The van der Waals surface area contributed by atoms with Crippen LogP contribution in [0.1, 0.15) is 32.1 Å². The minimum atomic E-state index is 0.0395. The normalized spacial score (nSPS) is 26.5. The van der Waals surface area contributed by atoms with E-state index in [1.54, 1.807) is 0 Å². The lowest BCUT2D eigenvalue weighted by molar-refractivity contribution is -0.0381. The first kappa shape index (κ1) is 9.22.